The molecule has 0 radical (unpaired) electrons. The van der Waals surface area contributed by atoms with E-state index < -0.39 is 5.97 Å². The highest BCUT2D eigenvalue weighted by molar-refractivity contribution is 5.88. The molecule has 0 saturated heterocycles. The van der Waals surface area contributed by atoms with E-state index in [1.165, 1.54) is 48.8 Å². The first-order valence-corrected chi connectivity index (χ1v) is 16.3. The molecule has 3 nitrogen and oxygen atoms in total. The third-order valence-electron chi connectivity index (χ3n) is 14.8. The van der Waals surface area contributed by atoms with E-state index in [1.807, 2.05) is 19.1 Å². The number of carbonyl (C=O) groups excluding carboxylic acids is 1. The summed E-state index contributed by atoms with van der Waals surface area (Å²) in [5, 5.41) is 9.41. The van der Waals surface area contributed by atoms with E-state index in [9.17, 15) is 14.7 Å². The molecule has 6 rings (SSSR count). The first-order chi connectivity index (χ1) is 19.1. The van der Waals surface area contributed by atoms with E-state index in [0.717, 1.165) is 25.7 Å². The standard InChI is InChI=1S/C38H52O3/c1-23(2)27-15-20-38(24(3)39)22-21-36(7)29(32(27)38)13-14-31-35(6)18-16-28(25-9-11-26(12-10-25)33(40)41)34(4,5)30(35)17-19-37(31,36)8/h9-12,16,27,29-32H,1,13-15,17-22H2,2-8H3,(H,40,41)/t27-,29+,30-,31+,32+,35-,36+,37+,38+/m0/s1. The molecule has 0 spiro atoms. The van der Waals surface area contributed by atoms with E-state index in [-0.39, 0.29) is 27.1 Å². The van der Waals surface area contributed by atoms with Crippen molar-refractivity contribution in [1.29, 1.82) is 0 Å². The zero-order chi connectivity index (χ0) is 29.8. The fourth-order valence-electron chi connectivity index (χ4n) is 12.6. The quantitative estimate of drug-likeness (QED) is 0.376. The van der Waals surface area contributed by atoms with Gasteiger partial charge in [-0.05, 0) is 146 Å². The van der Waals surface area contributed by atoms with Gasteiger partial charge in [-0.3, -0.25) is 4.79 Å². The van der Waals surface area contributed by atoms with Crippen LogP contribution in [-0.2, 0) is 4.79 Å². The van der Waals surface area contributed by atoms with Crippen LogP contribution >= 0.6 is 0 Å². The highest BCUT2D eigenvalue weighted by Gasteiger charge is 2.71. The van der Waals surface area contributed by atoms with Gasteiger partial charge in [0.2, 0.25) is 0 Å². The van der Waals surface area contributed by atoms with Crippen molar-refractivity contribution >= 4 is 17.3 Å². The molecule has 0 aromatic heterocycles. The molecule has 1 aromatic carbocycles. The number of benzene rings is 1. The van der Waals surface area contributed by atoms with Gasteiger partial charge >= 0.3 is 5.97 Å². The summed E-state index contributed by atoms with van der Waals surface area (Å²) in [4.78, 5) is 24.8. The van der Waals surface area contributed by atoms with Crippen LogP contribution in [0.2, 0.25) is 0 Å². The van der Waals surface area contributed by atoms with Crippen LogP contribution in [0.4, 0.5) is 0 Å². The molecule has 0 heterocycles. The zero-order valence-electron chi connectivity index (χ0n) is 26.6. The molecule has 1 N–H and O–H groups in total. The van der Waals surface area contributed by atoms with Crippen LogP contribution in [0, 0.1) is 56.7 Å². The van der Waals surface area contributed by atoms with Crippen molar-refractivity contribution in [2.45, 2.75) is 106 Å². The average molecular weight is 557 g/mol. The maximum absolute atomic E-state index is 13.4. The summed E-state index contributed by atoms with van der Waals surface area (Å²) < 4.78 is 0. The smallest absolute Gasteiger partial charge is 0.335 e. The van der Waals surface area contributed by atoms with Crippen molar-refractivity contribution in [2.24, 2.45) is 56.7 Å². The molecular formula is C38H52O3. The van der Waals surface area contributed by atoms with Gasteiger partial charge in [0.25, 0.3) is 0 Å². The van der Waals surface area contributed by atoms with Gasteiger partial charge in [-0.25, -0.2) is 4.79 Å². The predicted molar refractivity (Wildman–Crippen MR) is 166 cm³/mol. The Morgan fingerprint density at radius 1 is 0.829 bits per heavy atom. The molecule has 4 fully saturated rings. The minimum absolute atomic E-state index is 0.0175. The van der Waals surface area contributed by atoms with Gasteiger partial charge in [-0.1, -0.05) is 65.0 Å². The fourth-order valence-corrected chi connectivity index (χ4v) is 12.6. The van der Waals surface area contributed by atoms with Crippen LogP contribution in [0.15, 0.2) is 42.5 Å². The van der Waals surface area contributed by atoms with Gasteiger partial charge in [0.1, 0.15) is 5.78 Å². The lowest BCUT2D eigenvalue weighted by atomic mass is 9.32. The predicted octanol–water partition coefficient (Wildman–Crippen LogP) is 9.62. The summed E-state index contributed by atoms with van der Waals surface area (Å²) in [6.07, 6.45) is 13.1. The molecule has 3 heteroatoms. The average Bonchev–Trinajstić information content (AvgIpc) is 3.30. The summed E-state index contributed by atoms with van der Waals surface area (Å²) in [5.41, 5.74) is 4.83. The number of hydrogen-bond acceptors (Lipinski definition) is 2. The Balaban J connectivity index is 1.37. The number of Topliss-reactive ketones (excluding diaryl/α,β-unsaturated/α-hetero) is 1. The van der Waals surface area contributed by atoms with Crippen LogP contribution in [0.25, 0.3) is 5.57 Å². The van der Waals surface area contributed by atoms with Crippen molar-refractivity contribution in [3.05, 3.63) is 53.6 Å². The fraction of sp³-hybridized carbons (Fsp3) is 0.684. The summed E-state index contributed by atoms with van der Waals surface area (Å²) in [7, 11) is 0. The highest BCUT2D eigenvalue weighted by Crippen LogP contribution is 2.77. The second-order valence-electron chi connectivity index (χ2n) is 16.3. The Morgan fingerprint density at radius 2 is 1.51 bits per heavy atom. The Bertz CT molecular complexity index is 1320. The summed E-state index contributed by atoms with van der Waals surface area (Å²) in [6.45, 7) is 21.4. The lowest BCUT2D eigenvalue weighted by Crippen LogP contribution is -2.65. The lowest BCUT2D eigenvalue weighted by molar-refractivity contribution is -0.224. The Labute approximate surface area is 248 Å². The number of allylic oxidation sites excluding steroid dienone is 3. The Kier molecular flexibility index (Phi) is 6.47. The SMILES string of the molecule is C=C(C)[C@@H]1CC[C@]2(C(C)=O)CC[C@]3(C)[C@H](CC[C@@H]4[C@@]5(C)CC=C(c6ccc(C(=O)O)cc6)C(C)(C)[C@@H]5CC[C@]43C)[C@@H]12. The molecule has 0 unspecified atom stereocenters. The molecule has 0 aliphatic heterocycles. The van der Waals surface area contributed by atoms with Crippen molar-refractivity contribution in [1.82, 2.24) is 0 Å². The highest BCUT2D eigenvalue weighted by atomic mass is 16.4. The van der Waals surface area contributed by atoms with Crippen molar-refractivity contribution in [3.63, 3.8) is 0 Å². The molecule has 0 bridgehead atoms. The number of carboxylic acid groups (broad SMARTS) is 1. The Morgan fingerprint density at radius 3 is 2.12 bits per heavy atom. The van der Waals surface area contributed by atoms with Crippen molar-refractivity contribution in [2.75, 3.05) is 0 Å². The van der Waals surface area contributed by atoms with E-state index in [0.29, 0.717) is 40.9 Å². The minimum Gasteiger partial charge on any atom is -0.478 e. The number of aromatic carboxylic acids is 1. The molecule has 4 saturated carbocycles. The maximum atomic E-state index is 13.4. The van der Waals surface area contributed by atoms with Crippen LogP contribution in [0.5, 0.6) is 0 Å². The van der Waals surface area contributed by atoms with Crippen LogP contribution in [-0.4, -0.2) is 16.9 Å². The number of fused-ring (bicyclic) bond motifs is 7. The van der Waals surface area contributed by atoms with Gasteiger partial charge in [-0.2, -0.15) is 0 Å². The van der Waals surface area contributed by atoms with Gasteiger partial charge < -0.3 is 5.11 Å². The van der Waals surface area contributed by atoms with E-state index in [4.69, 9.17) is 0 Å². The lowest BCUT2D eigenvalue weighted by Gasteiger charge is -2.72. The third kappa shape index (κ3) is 3.69. The molecule has 41 heavy (non-hydrogen) atoms. The topological polar surface area (TPSA) is 54.4 Å². The van der Waals surface area contributed by atoms with Gasteiger partial charge in [0.15, 0.2) is 0 Å². The minimum atomic E-state index is -0.868. The molecule has 5 aliphatic rings. The molecule has 222 valence electrons. The number of carboxylic acids is 1. The maximum Gasteiger partial charge on any atom is 0.335 e. The summed E-state index contributed by atoms with van der Waals surface area (Å²) >= 11 is 0. The number of carbonyl (C=O) groups is 2. The van der Waals surface area contributed by atoms with E-state index >= 15 is 0 Å². The third-order valence-corrected chi connectivity index (χ3v) is 14.8. The van der Waals surface area contributed by atoms with Crippen LogP contribution < -0.4 is 0 Å². The number of rotatable bonds is 4. The molecule has 0 amide bonds. The monoisotopic (exact) mass is 556 g/mol. The largest absolute Gasteiger partial charge is 0.478 e. The Hall–Kier alpha value is -2.16. The van der Waals surface area contributed by atoms with Crippen LogP contribution in [0.1, 0.15) is 122 Å². The second kappa shape index (κ2) is 9.17. The number of hydrogen-bond donors (Lipinski definition) is 1. The van der Waals surface area contributed by atoms with Crippen molar-refractivity contribution < 1.29 is 14.7 Å². The molecular weight excluding hydrogens is 504 g/mol. The molecule has 5 aliphatic carbocycles. The summed E-state index contributed by atoms with van der Waals surface area (Å²) in [5.74, 6) is 2.37. The second-order valence-corrected chi connectivity index (χ2v) is 16.3. The van der Waals surface area contributed by atoms with Gasteiger partial charge in [0.05, 0.1) is 5.56 Å². The zero-order valence-corrected chi connectivity index (χ0v) is 26.6. The first-order valence-electron chi connectivity index (χ1n) is 16.3. The van der Waals surface area contributed by atoms with Gasteiger partial charge in [-0.15, -0.1) is 0 Å². The molecule has 1 aromatic rings. The van der Waals surface area contributed by atoms with Gasteiger partial charge in [0, 0.05) is 5.41 Å². The number of ketones is 1. The first kappa shape index (κ1) is 28.9. The molecule has 9 atom stereocenters. The van der Waals surface area contributed by atoms with E-state index in [2.05, 4.69) is 54.2 Å². The summed E-state index contributed by atoms with van der Waals surface area (Å²) in [6, 6.07) is 7.55. The van der Waals surface area contributed by atoms with Crippen LogP contribution in [0.3, 0.4) is 0 Å². The normalized spacial score (nSPS) is 44.5. The van der Waals surface area contributed by atoms with Crippen molar-refractivity contribution in [3.8, 4) is 0 Å². The van der Waals surface area contributed by atoms with E-state index in [1.54, 1.807) is 12.1 Å².